The number of hydrogen-bond donors (Lipinski definition) is 1. The number of carboxylic acids is 1. The zero-order valence-electron chi connectivity index (χ0n) is 12.7. The third-order valence-electron chi connectivity index (χ3n) is 3.80. The van der Waals surface area contributed by atoms with Crippen LogP contribution in [-0.2, 0) is 9.53 Å². The molecule has 0 saturated carbocycles. The molecule has 22 heavy (non-hydrogen) atoms. The Morgan fingerprint density at radius 3 is 2.86 bits per heavy atom. The van der Waals surface area contributed by atoms with Gasteiger partial charge in [0.2, 0.25) is 5.88 Å². The number of rotatable bonds is 6. The highest BCUT2D eigenvalue weighted by atomic mass is 16.5. The lowest BCUT2D eigenvalue weighted by atomic mass is 9.90. The van der Waals surface area contributed by atoms with Crippen LogP contribution in [0.3, 0.4) is 0 Å². The van der Waals surface area contributed by atoms with Crippen LogP contribution in [0, 0.1) is 5.41 Å². The number of carbonyl (C=O) groups is 2. The molecule has 1 N–H and O–H groups in total. The number of carboxylic acid groups (broad SMARTS) is 1. The van der Waals surface area contributed by atoms with Gasteiger partial charge in [-0.05, 0) is 19.4 Å². The van der Waals surface area contributed by atoms with Crippen LogP contribution < -0.4 is 4.74 Å². The molecular weight excluding hydrogens is 288 g/mol. The molecule has 2 heterocycles. The van der Waals surface area contributed by atoms with E-state index >= 15 is 0 Å². The van der Waals surface area contributed by atoms with Crippen molar-refractivity contribution in [2.24, 2.45) is 5.41 Å². The molecule has 0 radical (unpaired) electrons. The quantitative estimate of drug-likeness (QED) is 0.790. The van der Waals surface area contributed by atoms with Crippen molar-refractivity contribution in [1.82, 2.24) is 9.88 Å². The summed E-state index contributed by atoms with van der Waals surface area (Å²) in [5.41, 5.74) is -0.433. The summed E-state index contributed by atoms with van der Waals surface area (Å²) in [6.07, 6.45) is 1.96. The number of aromatic nitrogens is 1. The Kier molecular flexibility index (Phi) is 4.97. The van der Waals surface area contributed by atoms with Crippen LogP contribution in [0.2, 0.25) is 0 Å². The normalized spacial score (nSPS) is 20.9. The first-order valence-corrected chi connectivity index (χ1v) is 7.07. The molecule has 7 nitrogen and oxygen atoms in total. The first-order valence-electron chi connectivity index (χ1n) is 7.07. The Hall–Kier alpha value is -2.15. The molecule has 0 aliphatic carbocycles. The molecule has 120 valence electrons. The van der Waals surface area contributed by atoms with Crippen molar-refractivity contribution < 1.29 is 24.2 Å². The largest absolute Gasteiger partial charge is 0.481 e. The lowest BCUT2D eigenvalue weighted by Gasteiger charge is -2.20. The number of methoxy groups -OCH3 is 1. The number of nitrogens with zero attached hydrogens (tertiary/aromatic N) is 2. The Balaban J connectivity index is 2.04. The average molecular weight is 308 g/mol. The van der Waals surface area contributed by atoms with Crippen LogP contribution >= 0.6 is 0 Å². The highest BCUT2D eigenvalue weighted by molar-refractivity contribution is 5.95. The molecule has 1 saturated heterocycles. The molecule has 0 spiro atoms. The fourth-order valence-corrected chi connectivity index (χ4v) is 2.34. The molecule has 2 rings (SSSR count). The number of amides is 1. The lowest BCUT2D eigenvalue weighted by Crippen LogP contribution is -2.34. The van der Waals surface area contributed by atoms with Crippen molar-refractivity contribution in [2.75, 3.05) is 33.4 Å². The van der Waals surface area contributed by atoms with Crippen LogP contribution in [0.1, 0.15) is 23.7 Å². The molecule has 1 unspecified atom stereocenters. The lowest BCUT2D eigenvalue weighted by molar-refractivity contribution is -0.147. The molecule has 7 heteroatoms. The summed E-state index contributed by atoms with van der Waals surface area (Å²) in [5.74, 6) is -0.729. The average Bonchev–Trinajstić information content (AvgIpc) is 2.91. The maximum Gasteiger partial charge on any atom is 0.311 e. The zero-order chi connectivity index (χ0) is 16.2. The fraction of sp³-hybridized carbons (Fsp3) is 0.533. The van der Waals surface area contributed by atoms with Crippen molar-refractivity contribution in [3.8, 4) is 5.88 Å². The van der Waals surface area contributed by atoms with Gasteiger partial charge in [-0.2, -0.15) is 0 Å². The number of likely N-dealkylation sites (tertiary alicyclic amines) is 1. The number of aliphatic carboxylic acids is 1. The predicted molar refractivity (Wildman–Crippen MR) is 77.9 cm³/mol. The van der Waals surface area contributed by atoms with Gasteiger partial charge in [-0.3, -0.25) is 9.59 Å². The minimum Gasteiger partial charge on any atom is -0.481 e. The van der Waals surface area contributed by atoms with Crippen molar-refractivity contribution in [3.05, 3.63) is 23.9 Å². The minimum atomic E-state index is -0.875. The second kappa shape index (κ2) is 6.74. The van der Waals surface area contributed by atoms with Gasteiger partial charge < -0.3 is 19.5 Å². The molecule has 0 aromatic carbocycles. The van der Waals surface area contributed by atoms with E-state index in [2.05, 4.69) is 4.98 Å². The van der Waals surface area contributed by atoms with E-state index in [9.17, 15) is 14.7 Å². The second-order valence-electron chi connectivity index (χ2n) is 5.57. The first-order chi connectivity index (χ1) is 10.5. The maximum absolute atomic E-state index is 12.5. The van der Waals surface area contributed by atoms with Crippen LogP contribution in [0.15, 0.2) is 18.3 Å². The number of carbonyl (C=O) groups excluding carboxylic acids is 1. The van der Waals surface area contributed by atoms with Gasteiger partial charge >= 0.3 is 5.97 Å². The van der Waals surface area contributed by atoms with Crippen molar-refractivity contribution >= 4 is 11.9 Å². The van der Waals surface area contributed by atoms with Crippen molar-refractivity contribution in [1.29, 1.82) is 0 Å². The Labute approximate surface area is 128 Å². The molecule has 1 fully saturated rings. The summed E-state index contributed by atoms with van der Waals surface area (Å²) in [6, 6.07) is 3.16. The molecule has 1 aromatic rings. The topological polar surface area (TPSA) is 89.0 Å². The third-order valence-corrected chi connectivity index (χ3v) is 3.80. The Morgan fingerprint density at radius 1 is 1.45 bits per heavy atom. The Bertz CT molecular complexity index is 563. The fourth-order valence-electron chi connectivity index (χ4n) is 2.34. The van der Waals surface area contributed by atoms with E-state index in [1.54, 1.807) is 31.1 Å². The summed E-state index contributed by atoms with van der Waals surface area (Å²) >= 11 is 0. The highest BCUT2D eigenvalue weighted by Gasteiger charge is 2.42. The SMILES string of the molecule is COCCOc1cc(C(=O)N2CCC(C)(C(=O)O)C2)ccn1. The van der Waals surface area contributed by atoms with Gasteiger partial charge in [0, 0.05) is 38.0 Å². The van der Waals surface area contributed by atoms with Gasteiger partial charge in [0.15, 0.2) is 0 Å². The summed E-state index contributed by atoms with van der Waals surface area (Å²) in [5, 5.41) is 9.23. The van der Waals surface area contributed by atoms with E-state index in [0.717, 1.165) is 0 Å². The molecular formula is C15H20N2O5. The molecule has 1 aliphatic heterocycles. The molecule has 1 atom stereocenters. The molecule has 1 aliphatic rings. The second-order valence-corrected chi connectivity index (χ2v) is 5.57. The summed E-state index contributed by atoms with van der Waals surface area (Å²) < 4.78 is 10.3. The maximum atomic E-state index is 12.5. The predicted octanol–water partition coefficient (Wildman–Crippen LogP) is 1.04. The highest BCUT2D eigenvalue weighted by Crippen LogP contribution is 2.31. The summed E-state index contributed by atoms with van der Waals surface area (Å²) in [4.78, 5) is 29.3. The van der Waals surface area contributed by atoms with Crippen molar-refractivity contribution in [2.45, 2.75) is 13.3 Å². The monoisotopic (exact) mass is 308 g/mol. The number of pyridine rings is 1. The standard InChI is InChI=1S/C15H20N2O5/c1-15(14(19)20)4-6-17(10-15)13(18)11-3-5-16-12(9-11)22-8-7-21-2/h3,5,9H,4,6-8,10H2,1-2H3,(H,19,20). The van der Waals surface area contributed by atoms with Gasteiger partial charge in [-0.15, -0.1) is 0 Å². The van der Waals surface area contributed by atoms with Gasteiger partial charge in [0.05, 0.1) is 12.0 Å². The summed E-state index contributed by atoms with van der Waals surface area (Å²) in [6.45, 7) is 3.09. The van der Waals surface area contributed by atoms with Gasteiger partial charge in [-0.1, -0.05) is 0 Å². The van der Waals surface area contributed by atoms with E-state index in [0.29, 0.717) is 37.6 Å². The van der Waals surface area contributed by atoms with E-state index in [1.807, 2.05) is 0 Å². The van der Waals surface area contributed by atoms with Gasteiger partial charge in [0.1, 0.15) is 6.61 Å². The van der Waals surface area contributed by atoms with Crippen LogP contribution in [0.5, 0.6) is 5.88 Å². The zero-order valence-corrected chi connectivity index (χ0v) is 12.7. The molecule has 1 aromatic heterocycles. The van der Waals surface area contributed by atoms with E-state index in [-0.39, 0.29) is 12.5 Å². The van der Waals surface area contributed by atoms with Gasteiger partial charge in [-0.25, -0.2) is 4.98 Å². The minimum absolute atomic E-state index is 0.205. The molecule has 1 amide bonds. The first kappa shape index (κ1) is 16.2. The number of ether oxygens (including phenoxy) is 2. The molecule has 0 bridgehead atoms. The van der Waals surface area contributed by atoms with Gasteiger partial charge in [0.25, 0.3) is 5.91 Å². The van der Waals surface area contributed by atoms with E-state index < -0.39 is 11.4 Å². The van der Waals surface area contributed by atoms with Crippen LogP contribution in [0.4, 0.5) is 0 Å². The number of hydrogen-bond acceptors (Lipinski definition) is 5. The smallest absolute Gasteiger partial charge is 0.311 e. The van der Waals surface area contributed by atoms with Crippen LogP contribution in [-0.4, -0.2) is 60.3 Å². The third kappa shape index (κ3) is 3.54. The van der Waals surface area contributed by atoms with E-state index in [1.165, 1.54) is 6.20 Å². The van der Waals surface area contributed by atoms with E-state index in [4.69, 9.17) is 9.47 Å². The Morgan fingerprint density at radius 2 is 2.23 bits per heavy atom. The van der Waals surface area contributed by atoms with Crippen LogP contribution in [0.25, 0.3) is 0 Å². The van der Waals surface area contributed by atoms with Crippen molar-refractivity contribution in [3.63, 3.8) is 0 Å². The summed E-state index contributed by atoms with van der Waals surface area (Å²) in [7, 11) is 1.57.